The molecule has 1 fully saturated rings. The Labute approximate surface area is 384 Å². The number of piperidine rings is 1. The molecule has 0 saturated carbocycles. The predicted molar refractivity (Wildman–Crippen MR) is 257 cm³/mol. The Kier molecular flexibility index (Phi) is 11.5. The molecule has 2 aromatic carbocycles. The minimum atomic E-state index is -0.319. The number of aryl methyl sites for hydroxylation is 1. The minimum Gasteiger partial charge on any atom is -0.340 e. The van der Waals surface area contributed by atoms with Crippen LogP contribution in [0.2, 0.25) is 0 Å². The van der Waals surface area contributed by atoms with Gasteiger partial charge in [-0.1, -0.05) is 12.1 Å². The number of anilines is 5. The molecule has 1 saturated heterocycles. The van der Waals surface area contributed by atoms with Crippen molar-refractivity contribution in [2.24, 2.45) is 7.05 Å². The Balaban J connectivity index is 0.826. The van der Waals surface area contributed by atoms with E-state index in [1.165, 1.54) is 22.8 Å². The zero-order chi connectivity index (χ0) is 46.2. The molecule has 2 amide bonds. The van der Waals surface area contributed by atoms with Crippen LogP contribution in [0.15, 0.2) is 114 Å². The maximum absolute atomic E-state index is 14.2. The Bertz CT molecular complexity index is 3330. The van der Waals surface area contributed by atoms with E-state index in [9.17, 15) is 19.2 Å². The van der Waals surface area contributed by atoms with Crippen molar-refractivity contribution in [3.8, 4) is 22.5 Å². The van der Waals surface area contributed by atoms with Crippen molar-refractivity contribution >= 4 is 62.2 Å². The first-order valence-corrected chi connectivity index (χ1v) is 22.2. The van der Waals surface area contributed by atoms with Crippen LogP contribution in [-0.2, 0) is 29.6 Å². The zero-order valence-electron chi connectivity index (χ0n) is 37.2. The summed E-state index contributed by atoms with van der Waals surface area (Å²) in [5, 5.41) is 12.0. The molecule has 2 aliphatic rings. The monoisotopic (exact) mass is 893 g/mol. The fraction of sp³-hybridized carbons (Fsp3) is 0.240. The van der Waals surface area contributed by atoms with Gasteiger partial charge in [0, 0.05) is 80.5 Å². The number of fused-ring (bicyclic) bond motifs is 3. The average Bonchev–Trinajstić information content (AvgIpc) is 3.33. The molecule has 0 atom stereocenters. The molecule has 17 heteroatoms. The van der Waals surface area contributed by atoms with E-state index in [0.717, 1.165) is 71.4 Å². The van der Waals surface area contributed by atoms with Crippen LogP contribution in [0.3, 0.4) is 0 Å². The van der Waals surface area contributed by atoms with Crippen LogP contribution in [-0.4, -0.2) is 87.2 Å². The molecule has 17 nitrogen and oxygen atoms in total. The van der Waals surface area contributed by atoms with Crippen LogP contribution < -0.4 is 27.1 Å². The normalized spacial score (nSPS) is 14.2. The molecular formula is C50H47N13O4. The number of hydrogen-bond donors (Lipinski definition) is 4. The van der Waals surface area contributed by atoms with E-state index < -0.39 is 0 Å². The van der Waals surface area contributed by atoms with Crippen LogP contribution in [0.25, 0.3) is 44.1 Å². The van der Waals surface area contributed by atoms with E-state index in [4.69, 9.17) is 9.97 Å². The number of nitrogens with zero attached hydrogens (tertiary/aromatic N) is 9. The summed E-state index contributed by atoms with van der Waals surface area (Å²) >= 11 is 0. The van der Waals surface area contributed by atoms with Crippen molar-refractivity contribution in [1.29, 1.82) is 0 Å². The molecule has 6 aromatic heterocycles. The zero-order valence-corrected chi connectivity index (χ0v) is 37.2. The second-order valence-electron chi connectivity index (χ2n) is 17.2. The molecule has 2 aliphatic heterocycles. The largest absolute Gasteiger partial charge is 0.340 e. The summed E-state index contributed by atoms with van der Waals surface area (Å²) in [6.07, 6.45) is 13.7. The molecular weight excluding hydrogens is 847 g/mol. The Morgan fingerprint density at radius 3 is 2.06 bits per heavy atom. The van der Waals surface area contributed by atoms with Gasteiger partial charge < -0.3 is 25.8 Å². The minimum absolute atomic E-state index is 0.0500. The van der Waals surface area contributed by atoms with Gasteiger partial charge >= 0.3 is 0 Å². The fourth-order valence-electron chi connectivity index (χ4n) is 9.27. The number of hydrogen-bond acceptors (Lipinski definition) is 13. The summed E-state index contributed by atoms with van der Waals surface area (Å²) in [6.45, 7) is 6.50. The first-order valence-electron chi connectivity index (χ1n) is 22.2. The number of H-pyrrole nitrogens is 1. The van der Waals surface area contributed by atoms with Crippen molar-refractivity contribution in [2.45, 2.75) is 45.6 Å². The molecule has 0 spiro atoms. The van der Waals surface area contributed by atoms with Crippen molar-refractivity contribution < 1.29 is 9.59 Å². The number of rotatable bonds is 10. The lowest BCUT2D eigenvalue weighted by Crippen LogP contribution is -2.39. The van der Waals surface area contributed by atoms with E-state index in [-0.39, 0.29) is 29.5 Å². The quantitative estimate of drug-likeness (QED) is 0.114. The first-order chi connectivity index (χ1) is 32.5. The van der Waals surface area contributed by atoms with Gasteiger partial charge in [0.1, 0.15) is 30.1 Å². The molecule has 4 N–H and O–H groups in total. The van der Waals surface area contributed by atoms with E-state index in [1.807, 2.05) is 47.4 Å². The highest BCUT2D eigenvalue weighted by Gasteiger charge is 2.25. The summed E-state index contributed by atoms with van der Waals surface area (Å²) in [4.78, 5) is 86.0. The summed E-state index contributed by atoms with van der Waals surface area (Å²) < 4.78 is 1.45. The molecule has 0 unspecified atom stereocenters. The Morgan fingerprint density at radius 2 is 1.39 bits per heavy atom. The third-order valence-corrected chi connectivity index (χ3v) is 12.8. The van der Waals surface area contributed by atoms with Crippen molar-refractivity contribution in [3.63, 3.8) is 0 Å². The molecule has 10 rings (SSSR count). The number of amides is 2. The van der Waals surface area contributed by atoms with Gasteiger partial charge in [-0.3, -0.25) is 28.6 Å². The number of benzene rings is 2. The van der Waals surface area contributed by atoms with Gasteiger partial charge in [-0.15, -0.1) is 0 Å². The van der Waals surface area contributed by atoms with Crippen molar-refractivity contribution in [2.75, 3.05) is 42.1 Å². The van der Waals surface area contributed by atoms with Crippen LogP contribution in [0.4, 0.5) is 28.8 Å². The van der Waals surface area contributed by atoms with E-state index in [0.29, 0.717) is 69.6 Å². The SMILES string of the molecule is CC(=O)N1CCc2cc(Nc3nc(-c4cncnc4)cc4cc(NC(=O)CN5CCC(c6ccc(Nc7nc(-c8cncnc8)cc8cc[nH]c(=O)c78)cc6C)CC5)n(C)c(=O)c34)ccc2C1. The smallest absolute Gasteiger partial charge is 0.263 e. The molecule has 336 valence electrons. The lowest BCUT2D eigenvalue weighted by atomic mass is 9.86. The number of aromatic amines is 1. The number of carbonyl (C=O) groups is 2. The van der Waals surface area contributed by atoms with Crippen LogP contribution in [0.5, 0.6) is 0 Å². The van der Waals surface area contributed by atoms with Crippen molar-refractivity contribution in [3.05, 3.63) is 147 Å². The van der Waals surface area contributed by atoms with Crippen LogP contribution >= 0.6 is 0 Å². The molecule has 67 heavy (non-hydrogen) atoms. The first kappa shape index (κ1) is 42.8. The topological polar surface area (TPSA) is 209 Å². The Hall–Kier alpha value is -8.18. The summed E-state index contributed by atoms with van der Waals surface area (Å²) in [6, 6.07) is 19.5. The second kappa shape index (κ2) is 18.0. The maximum atomic E-state index is 14.2. The molecule has 0 radical (unpaired) electrons. The number of aromatic nitrogens is 8. The van der Waals surface area contributed by atoms with E-state index >= 15 is 0 Å². The van der Waals surface area contributed by atoms with E-state index in [2.05, 4.69) is 64.8 Å². The third-order valence-electron chi connectivity index (χ3n) is 12.8. The third kappa shape index (κ3) is 8.83. The van der Waals surface area contributed by atoms with E-state index in [1.54, 1.807) is 51.0 Å². The molecule has 8 heterocycles. The predicted octanol–water partition coefficient (Wildman–Crippen LogP) is 6.60. The molecule has 0 aliphatic carbocycles. The second-order valence-corrected chi connectivity index (χ2v) is 17.2. The van der Waals surface area contributed by atoms with Gasteiger partial charge in [0.2, 0.25) is 11.8 Å². The van der Waals surface area contributed by atoms with Crippen LogP contribution in [0.1, 0.15) is 47.9 Å². The number of nitrogens with one attached hydrogen (secondary N) is 4. The van der Waals surface area contributed by atoms with Gasteiger partial charge in [0.15, 0.2) is 0 Å². The summed E-state index contributed by atoms with van der Waals surface area (Å²) in [7, 11) is 1.64. The lowest BCUT2D eigenvalue weighted by molar-refractivity contribution is -0.129. The van der Waals surface area contributed by atoms with Crippen molar-refractivity contribution in [1.82, 2.24) is 49.3 Å². The average molecular weight is 894 g/mol. The number of likely N-dealkylation sites (tertiary alicyclic amines) is 1. The highest BCUT2D eigenvalue weighted by atomic mass is 16.2. The molecule has 8 aromatic rings. The summed E-state index contributed by atoms with van der Waals surface area (Å²) in [5.74, 6) is 1.31. The van der Waals surface area contributed by atoms with Gasteiger partial charge in [-0.2, -0.15) is 0 Å². The maximum Gasteiger partial charge on any atom is 0.263 e. The van der Waals surface area contributed by atoms with Gasteiger partial charge in [-0.25, -0.2) is 29.9 Å². The lowest BCUT2D eigenvalue weighted by Gasteiger charge is -2.32. The number of carbonyl (C=O) groups excluding carboxylic acids is 2. The fourth-order valence-corrected chi connectivity index (χ4v) is 9.27. The molecule has 0 bridgehead atoms. The standard InChI is InChI=1S/C50H47N13O4/c1-29-16-38(56-47-45-33(8-12-55-49(45)66)18-41(58-47)36-21-51-27-52-22-36)6-7-40(29)31-9-13-62(14-10-31)26-44(65)60-43-20-35-19-42(37-23-53-28-54-24-37)59-48(46(35)50(67)61(43)3)57-39-5-4-34-25-63(30(2)64)15-11-32(34)17-39/h4-8,12,16-24,27-28,31H,9-11,13-15,25-26H2,1-3H3,(H,55,66)(H,56,58)(H,57,59)(H,60,65). The van der Waals surface area contributed by atoms with Crippen LogP contribution in [0, 0.1) is 6.92 Å². The highest BCUT2D eigenvalue weighted by Crippen LogP contribution is 2.35. The van der Waals surface area contributed by atoms with Gasteiger partial charge in [0.25, 0.3) is 11.1 Å². The highest BCUT2D eigenvalue weighted by molar-refractivity contribution is 5.99. The Morgan fingerprint density at radius 1 is 0.746 bits per heavy atom. The number of pyridine rings is 4. The van der Waals surface area contributed by atoms with Gasteiger partial charge in [0.05, 0.1) is 28.7 Å². The van der Waals surface area contributed by atoms with Gasteiger partial charge in [-0.05, 0) is 127 Å². The summed E-state index contributed by atoms with van der Waals surface area (Å²) in [5.41, 5.74) is 8.21.